The Bertz CT molecular complexity index is 332. The van der Waals surface area contributed by atoms with Crippen LogP contribution in [0.15, 0.2) is 5.51 Å². The van der Waals surface area contributed by atoms with Crippen LogP contribution in [0.4, 0.5) is 0 Å². The quantitative estimate of drug-likeness (QED) is 0.786. The van der Waals surface area contributed by atoms with Crippen LogP contribution in [0.2, 0.25) is 0 Å². The van der Waals surface area contributed by atoms with E-state index in [1.807, 2.05) is 5.51 Å². The normalized spacial score (nSPS) is 13.5. The minimum absolute atomic E-state index is 0.619. The summed E-state index contributed by atoms with van der Waals surface area (Å²) in [6.07, 6.45) is 2.50. The molecule has 0 radical (unpaired) electrons. The lowest BCUT2D eigenvalue weighted by Crippen LogP contribution is -2.42. The van der Waals surface area contributed by atoms with Crippen molar-refractivity contribution < 1.29 is 0 Å². The van der Waals surface area contributed by atoms with E-state index in [9.17, 15) is 0 Å². The highest BCUT2D eigenvalue weighted by Crippen LogP contribution is 2.17. The molecule has 1 atom stereocenters. The lowest BCUT2D eigenvalue weighted by atomic mass is 9.93. The molecular weight excluding hydrogens is 242 g/mol. The smallest absolute Gasteiger partial charge is 0.0798 e. The fourth-order valence-electron chi connectivity index (χ4n) is 2.43. The average Bonchev–Trinajstić information content (AvgIpc) is 2.74. The first-order valence-electron chi connectivity index (χ1n) is 6.86. The van der Waals surface area contributed by atoms with E-state index in [1.54, 1.807) is 11.3 Å². The van der Waals surface area contributed by atoms with E-state index < -0.39 is 0 Å². The number of thiazole rings is 1. The van der Waals surface area contributed by atoms with Gasteiger partial charge < -0.3 is 10.2 Å². The molecule has 3 nitrogen and oxygen atoms in total. The molecule has 0 aliphatic carbocycles. The number of nitrogens with one attached hydrogen (secondary N) is 1. The highest BCUT2D eigenvalue weighted by molar-refractivity contribution is 7.09. The first-order chi connectivity index (χ1) is 8.60. The van der Waals surface area contributed by atoms with E-state index in [0.29, 0.717) is 6.04 Å². The third-order valence-electron chi connectivity index (χ3n) is 3.74. The van der Waals surface area contributed by atoms with Crippen LogP contribution in [-0.2, 0) is 6.54 Å². The number of hydrogen-bond donors (Lipinski definition) is 1. The van der Waals surface area contributed by atoms with Crippen molar-refractivity contribution in [2.45, 2.75) is 46.2 Å². The maximum absolute atomic E-state index is 4.29. The van der Waals surface area contributed by atoms with Crippen LogP contribution in [0.5, 0.6) is 0 Å². The van der Waals surface area contributed by atoms with Crippen molar-refractivity contribution in [3.8, 4) is 0 Å². The highest BCUT2D eigenvalue weighted by Gasteiger charge is 2.20. The van der Waals surface area contributed by atoms with Crippen LogP contribution in [0, 0.1) is 12.8 Å². The second-order valence-electron chi connectivity index (χ2n) is 5.10. The minimum Gasteiger partial charge on any atom is -0.310 e. The molecule has 18 heavy (non-hydrogen) atoms. The van der Waals surface area contributed by atoms with Crippen molar-refractivity contribution >= 4 is 11.3 Å². The summed E-state index contributed by atoms with van der Waals surface area (Å²) in [7, 11) is 4.37. The van der Waals surface area contributed by atoms with Gasteiger partial charge in [-0.05, 0) is 26.9 Å². The average molecular weight is 269 g/mol. The van der Waals surface area contributed by atoms with Crippen LogP contribution in [0.1, 0.15) is 37.3 Å². The van der Waals surface area contributed by atoms with Crippen LogP contribution in [0.3, 0.4) is 0 Å². The SMILES string of the molecule is CCC(CC)C(CNCc1scnc1C)N(C)C. The van der Waals surface area contributed by atoms with Gasteiger partial charge >= 0.3 is 0 Å². The molecule has 0 saturated heterocycles. The van der Waals surface area contributed by atoms with Crippen molar-refractivity contribution in [1.29, 1.82) is 0 Å². The van der Waals surface area contributed by atoms with Gasteiger partial charge in [0.1, 0.15) is 0 Å². The number of nitrogens with zero attached hydrogens (tertiary/aromatic N) is 2. The standard InChI is InChI=1S/C14H27N3S/c1-6-12(7-2)13(17(4)5)8-15-9-14-11(3)16-10-18-14/h10,12-13,15H,6-9H2,1-5H3. The van der Waals surface area contributed by atoms with Gasteiger partial charge in [-0.2, -0.15) is 0 Å². The van der Waals surface area contributed by atoms with Gasteiger partial charge in [0, 0.05) is 24.0 Å². The Labute approximate surface area is 116 Å². The van der Waals surface area contributed by atoms with Gasteiger partial charge in [-0.15, -0.1) is 11.3 Å². The van der Waals surface area contributed by atoms with Crippen molar-refractivity contribution in [3.05, 3.63) is 16.1 Å². The van der Waals surface area contributed by atoms with Crippen LogP contribution < -0.4 is 5.32 Å². The molecule has 0 fully saturated rings. The summed E-state index contributed by atoms with van der Waals surface area (Å²) >= 11 is 1.74. The third-order valence-corrected chi connectivity index (χ3v) is 4.68. The van der Waals surface area contributed by atoms with Gasteiger partial charge in [0.05, 0.1) is 11.2 Å². The molecule has 1 aromatic heterocycles. The van der Waals surface area contributed by atoms with Gasteiger partial charge in [0.2, 0.25) is 0 Å². The summed E-state index contributed by atoms with van der Waals surface area (Å²) in [6.45, 7) is 8.66. The van der Waals surface area contributed by atoms with Crippen molar-refractivity contribution in [1.82, 2.24) is 15.2 Å². The van der Waals surface area contributed by atoms with Gasteiger partial charge in [-0.25, -0.2) is 4.98 Å². The number of aryl methyl sites for hydroxylation is 1. The lowest BCUT2D eigenvalue weighted by molar-refractivity contribution is 0.194. The summed E-state index contributed by atoms with van der Waals surface area (Å²) in [5.74, 6) is 0.773. The Hall–Kier alpha value is -0.450. The molecule has 0 amide bonds. The topological polar surface area (TPSA) is 28.2 Å². The van der Waals surface area contributed by atoms with E-state index in [0.717, 1.165) is 24.7 Å². The molecule has 1 rings (SSSR count). The Kier molecular flexibility index (Phi) is 6.82. The molecule has 4 heteroatoms. The summed E-state index contributed by atoms with van der Waals surface area (Å²) in [5.41, 5.74) is 3.09. The van der Waals surface area contributed by atoms with Crippen molar-refractivity contribution in [3.63, 3.8) is 0 Å². The highest BCUT2D eigenvalue weighted by atomic mass is 32.1. The van der Waals surface area contributed by atoms with Gasteiger partial charge in [-0.3, -0.25) is 0 Å². The third kappa shape index (κ3) is 4.34. The van der Waals surface area contributed by atoms with Crippen LogP contribution in [0.25, 0.3) is 0 Å². The first-order valence-corrected chi connectivity index (χ1v) is 7.74. The zero-order valence-electron chi connectivity index (χ0n) is 12.4. The molecule has 104 valence electrons. The van der Waals surface area contributed by atoms with Crippen LogP contribution >= 0.6 is 11.3 Å². The largest absolute Gasteiger partial charge is 0.310 e. The van der Waals surface area contributed by atoms with Crippen molar-refractivity contribution in [2.75, 3.05) is 20.6 Å². The monoisotopic (exact) mass is 269 g/mol. The van der Waals surface area contributed by atoms with E-state index in [-0.39, 0.29) is 0 Å². The maximum atomic E-state index is 4.29. The maximum Gasteiger partial charge on any atom is 0.0798 e. The van der Waals surface area contributed by atoms with Crippen molar-refractivity contribution in [2.24, 2.45) is 5.92 Å². The summed E-state index contributed by atoms with van der Waals surface area (Å²) in [6, 6.07) is 0.619. The van der Waals surface area contributed by atoms with E-state index >= 15 is 0 Å². The zero-order valence-corrected chi connectivity index (χ0v) is 13.2. The van der Waals surface area contributed by atoms with Gasteiger partial charge in [0.15, 0.2) is 0 Å². The molecular formula is C14H27N3S. The molecule has 0 saturated carbocycles. The Balaban J connectivity index is 2.45. The van der Waals surface area contributed by atoms with Gasteiger partial charge in [0.25, 0.3) is 0 Å². The molecule has 1 unspecified atom stereocenters. The number of rotatable bonds is 8. The number of hydrogen-bond acceptors (Lipinski definition) is 4. The molecule has 0 bridgehead atoms. The number of aromatic nitrogens is 1. The van der Waals surface area contributed by atoms with E-state index in [2.05, 4.69) is 50.1 Å². The summed E-state index contributed by atoms with van der Waals surface area (Å²) in [4.78, 5) is 7.99. The Morgan fingerprint density at radius 1 is 1.33 bits per heavy atom. The Morgan fingerprint density at radius 3 is 2.44 bits per heavy atom. The lowest BCUT2D eigenvalue weighted by Gasteiger charge is -2.31. The molecule has 1 heterocycles. The van der Waals surface area contributed by atoms with E-state index in [4.69, 9.17) is 0 Å². The molecule has 0 spiro atoms. The predicted molar refractivity (Wildman–Crippen MR) is 80.1 cm³/mol. The minimum atomic E-state index is 0.619. The molecule has 0 aliphatic heterocycles. The number of likely N-dealkylation sites (N-methyl/N-ethyl adjacent to an activating group) is 1. The fourth-order valence-corrected chi connectivity index (χ4v) is 3.18. The Morgan fingerprint density at radius 2 is 2.00 bits per heavy atom. The second-order valence-corrected chi connectivity index (χ2v) is 6.04. The predicted octanol–water partition coefficient (Wildman–Crippen LogP) is 2.91. The zero-order chi connectivity index (χ0) is 13.5. The fraction of sp³-hybridized carbons (Fsp3) is 0.786. The summed E-state index contributed by atoms with van der Waals surface area (Å²) in [5, 5.41) is 3.59. The summed E-state index contributed by atoms with van der Waals surface area (Å²) < 4.78 is 0. The van der Waals surface area contributed by atoms with Gasteiger partial charge in [-0.1, -0.05) is 26.7 Å². The molecule has 0 aliphatic rings. The van der Waals surface area contributed by atoms with E-state index in [1.165, 1.54) is 17.7 Å². The van der Waals surface area contributed by atoms with Crippen LogP contribution in [-0.4, -0.2) is 36.6 Å². The molecule has 0 aromatic carbocycles. The second kappa shape index (κ2) is 7.87. The molecule has 1 N–H and O–H groups in total. The molecule has 1 aromatic rings. The first kappa shape index (κ1) is 15.6.